The maximum absolute atomic E-state index is 11.4. The van der Waals surface area contributed by atoms with Gasteiger partial charge in [0.05, 0.1) is 27.6 Å². The standard InChI is InChI=1S/C12H19NO6/c1-13(2,3)8-9(7-11(16)17)19-12(18)6-4-5-10(14)15/h4,6,9H,5,7-8H2,1-3H3,(H-,14,15,16,17)/b6-4+. The average molecular weight is 273 g/mol. The van der Waals surface area contributed by atoms with Crippen LogP contribution in [0.2, 0.25) is 0 Å². The Bertz CT molecular complexity index is 369. The second-order valence-corrected chi connectivity index (χ2v) is 5.11. The van der Waals surface area contributed by atoms with E-state index in [-0.39, 0.29) is 6.42 Å². The lowest BCUT2D eigenvalue weighted by Crippen LogP contribution is -2.45. The molecule has 0 rings (SSSR count). The lowest BCUT2D eigenvalue weighted by molar-refractivity contribution is -0.873. The molecule has 0 fully saturated rings. The van der Waals surface area contributed by atoms with Crippen molar-refractivity contribution in [2.45, 2.75) is 18.9 Å². The minimum atomic E-state index is -1.30. The van der Waals surface area contributed by atoms with Crippen molar-refractivity contribution >= 4 is 17.9 Å². The van der Waals surface area contributed by atoms with Gasteiger partial charge in [0.1, 0.15) is 6.54 Å². The highest BCUT2D eigenvalue weighted by molar-refractivity contribution is 5.83. The summed E-state index contributed by atoms with van der Waals surface area (Å²) >= 11 is 0. The highest BCUT2D eigenvalue weighted by atomic mass is 16.5. The fourth-order valence-corrected chi connectivity index (χ4v) is 1.40. The number of quaternary nitrogens is 1. The van der Waals surface area contributed by atoms with E-state index >= 15 is 0 Å². The van der Waals surface area contributed by atoms with E-state index in [1.54, 1.807) is 0 Å². The zero-order valence-corrected chi connectivity index (χ0v) is 11.3. The molecule has 1 unspecified atom stereocenters. The van der Waals surface area contributed by atoms with Crippen molar-refractivity contribution in [1.29, 1.82) is 0 Å². The molecule has 0 aliphatic carbocycles. The van der Waals surface area contributed by atoms with Crippen LogP contribution in [0.5, 0.6) is 0 Å². The molecule has 1 atom stereocenters. The second-order valence-electron chi connectivity index (χ2n) is 5.11. The summed E-state index contributed by atoms with van der Waals surface area (Å²) in [5.74, 6) is -3.14. The molecular weight excluding hydrogens is 254 g/mol. The van der Waals surface area contributed by atoms with Crippen LogP contribution in [0.1, 0.15) is 12.8 Å². The van der Waals surface area contributed by atoms with Crippen LogP contribution in [0.25, 0.3) is 0 Å². The number of likely N-dealkylation sites (N-methyl/N-ethyl adjacent to an activating group) is 1. The third-order valence-electron chi connectivity index (χ3n) is 1.97. The van der Waals surface area contributed by atoms with Gasteiger partial charge in [-0.3, -0.25) is 4.79 Å². The van der Waals surface area contributed by atoms with E-state index in [1.165, 1.54) is 0 Å². The van der Waals surface area contributed by atoms with Crippen LogP contribution in [0, 0.1) is 0 Å². The molecule has 0 bridgehead atoms. The molecule has 19 heavy (non-hydrogen) atoms. The van der Waals surface area contributed by atoms with Gasteiger partial charge in [-0.2, -0.15) is 0 Å². The maximum atomic E-state index is 11.4. The molecule has 0 saturated carbocycles. The number of ether oxygens (including phenoxy) is 1. The number of carbonyl (C=O) groups is 3. The Balaban J connectivity index is 4.46. The zero-order valence-electron chi connectivity index (χ0n) is 11.3. The Labute approximate surface area is 111 Å². The Morgan fingerprint density at radius 3 is 2.32 bits per heavy atom. The minimum Gasteiger partial charge on any atom is -0.550 e. The van der Waals surface area contributed by atoms with E-state index in [4.69, 9.17) is 9.84 Å². The van der Waals surface area contributed by atoms with Gasteiger partial charge in [0, 0.05) is 18.5 Å². The van der Waals surface area contributed by atoms with Crippen molar-refractivity contribution in [3.05, 3.63) is 12.2 Å². The molecular formula is C12H19NO6. The van der Waals surface area contributed by atoms with Crippen molar-refractivity contribution in [3.8, 4) is 0 Å². The molecule has 108 valence electrons. The molecule has 0 radical (unpaired) electrons. The third kappa shape index (κ3) is 11.0. The molecule has 0 aliphatic heterocycles. The second kappa shape index (κ2) is 7.52. The number of aliphatic carboxylic acids is 2. The molecule has 0 amide bonds. The van der Waals surface area contributed by atoms with Crippen molar-refractivity contribution in [2.24, 2.45) is 0 Å². The van der Waals surface area contributed by atoms with Crippen LogP contribution in [-0.4, -0.2) is 61.3 Å². The molecule has 7 heteroatoms. The zero-order chi connectivity index (χ0) is 15.1. The quantitative estimate of drug-likeness (QED) is 0.337. The largest absolute Gasteiger partial charge is 0.550 e. The topological polar surface area (TPSA) is 104 Å². The van der Waals surface area contributed by atoms with Gasteiger partial charge in [-0.25, -0.2) is 4.79 Å². The smallest absolute Gasteiger partial charge is 0.330 e. The Morgan fingerprint density at radius 2 is 1.89 bits per heavy atom. The van der Waals surface area contributed by atoms with Gasteiger partial charge >= 0.3 is 11.9 Å². The summed E-state index contributed by atoms with van der Waals surface area (Å²) in [6, 6.07) is 0. The maximum Gasteiger partial charge on any atom is 0.330 e. The number of carboxylic acid groups (broad SMARTS) is 2. The molecule has 7 nitrogen and oxygen atoms in total. The fourth-order valence-electron chi connectivity index (χ4n) is 1.40. The first-order valence-electron chi connectivity index (χ1n) is 5.69. The molecule has 0 aromatic carbocycles. The number of nitrogens with zero attached hydrogens (tertiary/aromatic N) is 1. The van der Waals surface area contributed by atoms with E-state index in [0.29, 0.717) is 11.0 Å². The van der Waals surface area contributed by atoms with E-state index in [0.717, 1.165) is 12.2 Å². The van der Waals surface area contributed by atoms with E-state index in [1.807, 2.05) is 21.1 Å². The number of esters is 1. The fraction of sp³-hybridized carbons (Fsp3) is 0.583. The molecule has 0 spiro atoms. The summed E-state index contributed by atoms with van der Waals surface area (Å²) in [5.41, 5.74) is 0. The summed E-state index contributed by atoms with van der Waals surface area (Å²) in [6.45, 7) is 0.312. The van der Waals surface area contributed by atoms with Gasteiger partial charge in [0.2, 0.25) is 0 Å². The summed E-state index contributed by atoms with van der Waals surface area (Å²) in [5, 5.41) is 19.0. The Morgan fingerprint density at radius 1 is 1.32 bits per heavy atom. The van der Waals surface area contributed by atoms with E-state index in [2.05, 4.69) is 0 Å². The van der Waals surface area contributed by atoms with E-state index in [9.17, 15) is 19.5 Å². The van der Waals surface area contributed by atoms with Crippen LogP contribution in [-0.2, 0) is 19.1 Å². The molecule has 0 aromatic heterocycles. The van der Waals surface area contributed by atoms with Crippen LogP contribution in [0.3, 0.4) is 0 Å². The summed E-state index contributed by atoms with van der Waals surface area (Å²) in [7, 11) is 5.49. The van der Waals surface area contributed by atoms with Gasteiger partial charge < -0.3 is 24.2 Å². The van der Waals surface area contributed by atoms with Crippen molar-refractivity contribution < 1.29 is 33.8 Å². The SMILES string of the molecule is C[N+](C)(C)CC(CC(=O)[O-])OC(=O)/C=C/CC(=O)O. The normalized spacial score (nSPS) is 13.2. The predicted molar refractivity (Wildman–Crippen MR) is 63.8 cm³/mol. The average Bonchev–Trinajstić information content (AvgIpc) is 2.12. The van der Waals surface area contributed by atoms with Gasteiger partial charge in [-0.15, -0.1) is 0 Å². The molecule has 1 N–H and O–H groups in total. The molecule has 0 saturated heterocycles. The number of carbonyl (C=O) groups excluding carboxylic acids is 2. The van der Waals surface area contributed by atoms with Crippen molar-refractivity contribution in [3.63, 3.8) is 0 Å². The van der Waals surface area contributed by atoms with Crippen LogP contribution in [0.15, 0.2) is 12.2 Å². The van der Waals surface area contributed by atoms with Gasteiger partial charge in [0.15, 0.2) is 6.10 Å². The first-order valence-corrected chi connectivity index (χ1v) is 5.69. The summed E-state index contributed by atoms with van der Waals surface area (Å²) in [4.78, 5) is 32.2. The van der Waals surface area contributed by atoms with Gasteiger partial charge in [-0.1, -0.05) is 6.08 Å². The molecule has 0 aliphatic rings. The van der Waals surface area contributed by atoms with Crippen LogP contribution >= 0.6 is 0 Å². The first-order chi connectivity index (χ1) is 8.60. The summed E-state index contributed by atoms with van der Waals surface area (Å²) in [6.07, 6.45) is 0.620. The number of hydrogen-bond acceptors (Lipinski definition) is 5. The molecule has 0 aromatic rings. The number of hydrogen-bond donors (Lipinski definition) is 1. The lowest BCUT2D eigenvalue weighted by atomic mass is 10.2. The number of rotatable bonds is 8. The van der Waals surface area contributed by atoms with Crippen molar-refractivity contribution in [2.75, 3.05) is 27.7 Å². The third-order valence-corrected chi connectivity index (χ3v) is 1.97. The highest BCUT2D eigenvalue weighted by Gasteiger charge is 2.21. The number of carboxylic acids is 2. The van der Waals surface area contributed by atoms with Crippen LogP contribution < -0.4 is 5.11 Å². The lowest BCUT2D eigenvalue weighted by Gasteiger charge is -2.28. The van der Waals surface area contributed by atoms with Gasteiger partial charge in [-0.05, 0) is 0 Å². The molecule has 0 heterocycles. The predicted octanol–water partition coefficient (Wildman–Crippen LogP) is -1.22. The van der Waals surface area contributed by atoms with Crippen molar-refractivity contribution in [1.82, 2.24) is 0 Å². The monoisotopic (exact) mass is 273 g/mol. The summed E-state index contributed by atoms with van der Waals surface area (Å²) < 4.78 is 5.38. The highest BCUT2D eigenvalue weighted by Crippen LogP contribution is 2.05. The van der Waals surface area contributed by atoms with Gasteiger partial charge in [0.25, 0.3) is 0 Å². The van der Waals surface area contributed by atoms with Crippen LogP contribution in [0.4, 0.5) is 0 Å². The Hall–Kier alpha value is -1.89. The van der Waals surface area contributed by atoms with E-state index < -0.39 is 30.4 Å². The Kier molecular flexibility index (Phi) is 6.78. The first kappa shape index (κ1) is 17.1. The minimum absolute atomic E-state index is 0.296.